The highest BCUT2D eigenvalue weighted by molar-refractivity contribution is 5.76. The topological polar surface area (TPSA) is 38.3 Å². The lowest BCUT2D eigenvalue weighted by Gasteiger charge is -2.07. The molecule has 0 unspecified atom stereocenters. The predicted molar refractivity (Wildman–Crippen MR) is 64.3 cm³/mol. The minimum absolute atomic E-state index is 0.107. The summed E-state index contributed by atoms with van der Waals surface area (Å²) in [6.07, 6.45) is 0.240. The molecule has 0 bridgehead atoms. The van der Waals surface area contributed by atoms with E-state index in [9.17, 15) is 9.18 Å². The number of hydrogen-bond acceptors (Lipinski definition) is 2. The van der Waals surface area contributed by atoms with E-state index in [1.165, 1.54) is 12.1 Å². The van der Waals surface area contributed by atoms with Crippen LogP contribution in [0, 0.1) is 5.82 Å². The second kappa shape index (κ2) is 6.68. The summed E-state index contributed by atoms with van der Waals surface area (Å²) >= 11 is 0. The highest BCUT2D eigenvalue weighted by atomic mass is 19.1. The molecule has 3 nitrogen and oxygen atoms in total. The number of amides is 1. The van der Waals surface area contributed by atoms with E-state index in [1.54, 1.807) is 12.1 Å². The third-order valence-electron chi connectivity index (χ3n) is 1.98. The monoisotopic (exact) mass is 237 g/mol. The highest BCUT2D eigenvalue weighted by Crippen LogP contribution is 2.11. The van der Waals surface area contributed by atoms with E-state index in [1.807, 2.05) is 6.92 Å². The van der Waals surface area contributed by atoms with Crippen LogP contribution >= 0.6 is 0 Å². The van der Waals surface area contributed by atoms with Crippen LogP contribution in [0.1, 0.15) is 13.3 Å². The molecule has 0 radical (unpaired) electrons. The molecule has 0 atom stereocenters. The van der Waals surface area contributed by atoms with Crippen molar-refractivity contribution in [1.82, 2.24) is 5.32 Å². The molecule has 1 aromatic rings. The average Bonchev–Trinajstić information content (AvgIpc) is 2.26. The van der Waals surface area contributed by atoms with Gasteiger partial charge in [0.05, 0.1) is 13.0 Å². The zero-order chi connectivity index (χ0) is 12.7. The Balaban J connectivity index is 2.23. The number of nitrogens with one attached hydrogen (secondary N) is 1. The quantitative estimate of drug-likeness (QED) is 0.771. The lowest BCUT2D eigenvalue weighted by atomic mass is 10.3. The zero-order valence-electron chi connectivity index (χ0n) is 9.83. The van der Waals surface area contributed by atoms with Gasteiger partial charge in [-0.1, -0.05) is 18.2 Å². The number of carbonyl (C=O) groups is 1. The van der Waals surface area contributed by atoms with Crippen LogP contribution in [0.2, 0.25) is 0 Å². The molecule has 1 amide bonds. The van der Waals surface area contributed by atoms with Gasteiger partial charge in [-0.3, -0.25) is 4.79 Å². The van der Waals surface area contributed by atoms with Gasteiger partial charge < -0.3 is 10.1 Å². The average molecular weight is 237 g/mol. The lowest BCUT2D eigenvalue weighted by Crippen LogP contribution is -2.26. The van der Waals surface area contributed by atoms with E-state index in [0.717, 1.165) is 5.57 Å². The Morgan fingerprint density at radius 1 is 1.53 bits per heavy atom. The molecular weight excluding hydrogens is 221 g/mol. The van der Waals surface area contributed by atoms with Crippen LogP contribution in [0.25, 0.3) is 0 Å². The molecule has 0 aromatic heterocycles. The van der Waals surface area contributed by atoms with Crippen molar-refractivity contribution >= 4 is 5.91 Å². The van der Waals surface area contributed by atoms with E-state index in [-0.39, 0.29) is 24.8 Å². The van der Waals surface area contributed by atoms with Crippen LogP contribution in [0.4, 0.5) is 4.39 Å². The van der Waals surface area contributed by atoms with Gasteiger partial charge in [0.25, 0.3) is 0 Å². The minimum atomic E-state index is -0.353. The van der Waals surface area contributed by atoms with Crippen molar-refractivity contribution in [2.24, 2.45) is 0 Å². The lowest BCUT2D eigenvalue weighted by molar-refractivity contribution is -0.121. The first-order chi connectivity index (χ1) is 8.08. The Hall–Kier alpha value is -1.84. The van der Waals surface area contributed by atoms with E-state index in [2.05, 4.69) is 11.9 Å². The summed E-state index contributed by atoms with van der Waals surface area (Å²) in [4.78, 5) is 11.3. The molecule has 0 saturated carbocycles. The Labute approximate surface area is 100 Å². The molecule has 0 spiro atoms. The van der Waals surface area contributed by atoms with E-state index >= 15 is 0 Å². The van der Waals surface area contributed by atoms with Crippen LogP contribution < -0.4 is 10.1 Å². The SMILES string of the molecule is C=C(C)CNC(=O)CCOc1cccc(F)c1. The minimum Gasteiger partial charge on any atom is -0.493 e. The predicted octanol–water partition coefficient (Wildman–Crippen LogP) is 2.29. The van der Waals surface area contributed by atoms with E-state index < -0.39 is 0 Å². The highest BCUT2D eigenvalue weighted by Gasteiger charge is 2.01. The van der Waals surface area contributed by atoms with Crippen molar-refractivity contribution in [3.63, 3.8) is 0 Å². The molecule has 1 N–H and O–H groups in total. The number of hydrogen-bond donors (Lipinski definition) is 1. The fourth-order valence-corrected chi connectivity index (χ4v) is 1.16. The summed E-state index contributed by atoms with van der Waals surface area (Å²) in [5.41, 5.74) is 0.893. The largest absolute Gasteiger partial charge is 0.493 e. The fraction of sp³-hybridized carbons (Fsp3) is 0.308. The Kier molecular flexibility index (Phi) is 5.20. The van der Waals surface area contributed by atoms with E-state index in [4.69, 9.17) is 4.74 Å². The molecule has 0 aliphatic rings. The summed E-state index contributed by atoms with van der Waals surface area (Å²) in [6, 6.07) is 5.83. The number of halogens is 1. The molecule has 17 heavy (non-hydrogen) atoms. The maximum Gasteiger partial charge on any atom is 0.223 e. The van der Waals surface area contributed by atoms with Crippen molar-refractivity contribution in [3.8, 4) is 5.75 Å². The standard InChI is InChI=1S/C13H16FNO2/c1-10(2)9-15-13(16)6-7-17-12-5-3-4-11(14)8-12/h3-5,8H,1,6-7,9H2,2H3,(H,15,16). The van der Waals surface area contributed by atoms with Gasteiger partial charge in [-0.2, -0.15) is 0 Å². The second-order valence-corrected chi connectivity index (χ2v) is 3.79. The Bertz CT molecular complexity index is 404. The molecule has 92 valence electrons. The van der Waals surface area contributed by atoms with Gasteiger partial charge in [0.2, 0.25) is 5.91 Å². The van der Waals surface area contributed by atoms with Gasteiger partial charge in [-0.25, -0.2) is 4.39 Å². The maximum absolute atomic E-state index is 12.8. The molecule has 4 heteroatoms. The molecule has 1 rings (SSSR count). The first kappa shape index (κ1) is 13.2. The van der Waals surface area contributed by atoms with Crippen molar-refractivity contribution < 1.29 is 13.9 Å². The molecule has 1 aromatic carbocycles. The Morgan fingerprint density at radius 3 is 2.94 bits per heavy atom. The summed E-state index contributed by atoms with van der Waals surface area (Å²) in [5, 5.41) is 2.69. The van der Waals surface area contributed by atoms with E-state index in [0.29, 0.717) is 12.3 Å². The molecule has 0 heterocycles. The zero-order valence-corrected chi connectivity index (χ0v) is 9.83. The molecule has 0 aliphatic heterocycles. The number of carbonyl (C=O) groups excluding carboxylic acids is 1. The molecule has 0 saturated heterocycles. The molecule has 0 fully saturated rings. The molecule has 0 aliphatic carbocycles. The van der Waals surface area contributed by atoms with Crippen LogP contribution in [0.5, 0.6) is 5.75 Å². The first-order valence-corrected chi connectivity index (χ1v) is 5.37. The van der Waals surface area contributed by atoms with Crippen molar-refractivity contribution in [2.75, 3.05) is 13.2 Å². The summed E-state index contributed by atoms with van der Waals surface area (Å²) < 4.78 is 18.0. The fourth-order valence-electron chi connectivity index (χ4n) is 1.16. The van der Waals surface area contributed by atoms with Gasteiger partial charge in [0.15, 0.2) is 0 Å². The smallest absolute Gasteiger partial charge is 0.223 e. The third-order valence-corrected chi connectivity index (χ3v) is 1.98. The molecular formula is C13H16FNO2. The Morgan fingerprint density at radius 2 is 2.29 bits per heavy atom. The third kappa shape index (κ3) is 5.70. The van der Waals surface area contributed by atoms with Crippen molar-refractivity contribution in [2.45, 2.75) is 13.3 Å². The number of ether oxygens (including phenoxy) is 1. The first-order valence-electron chi connectivity index (χ1n) is 5.37. The van der Waals surface area contributed by atoms with Crippen molar-refractivity contribution in [3.05, 3.63) is 42.2 Å². The van der Waals surface area contributed by atoms with Crippen molar-refractivity contribution in [1.29, 1.82) is 0 Å². The van der Waals surface area contributed by atoms with Gasteiger partial charge in [0.1, 0.15) is 11.6 Å². The van der Waals surface area contributed by atoms with Gasteiger partial charge in [-0.15, -0.1) is 0 Å². The van der Waals surface area contributed by atoms with Gasteiger partial charge in [0, 0.05) is 12.6 Å². The van der Waals surface area contributed by atoms with Crippen LogP contribution in [-0.2, 0) is 4.79 Å². The number of rotatable bonds is 6. The summed E-state index contributed by atoms with van der Waals surface area (Å²) in [7, 11) is 0. The van der Waals surface area contributed by atoms with Gasteiger partial charge >= 0.3 is 0 Å². The summed E-state index contributed by atoms with van der Waals surface area (Å²) in [5.74, 6) is -0.0312. The van der Waals surface area contributed by atoms with Crippen LogP contribution in [-0.4, -0.2) is 19.1 Å². The maximum atomic E-state index is 12.8. The normalized spacial score (nSPS) is 9.76. The second-order valence-electron chi connectivity index (χ2n) is 3.79. The van der Waals surface area contributed by atoms with Crippen LogP contribution in [0.15, 0.2) is 36.4 Å². The van der Waals surface area contributed by atoms with Crippen LogP contribution in [0.3, 0.4) is 0 Å². The number of benzene rings is 1. The summed E-state index contributed by atoms with van der Waals surface area (Å²) in [6.45, 7) is 6.21. The van der Waals surface area contributed by atoms with Gasteiger partial charge in [-0.05, 0) is 19.1 Å².